The van der Waals surface area contributed by atoms with Gasteiger partial charge in [0.2, 0.25) is 11.7 Å². The van der Waals surface area contributed by atoms with E-state index in [0.717, 1.165) is 5.56 Å². The molecule has 2 aromatic carbocycles. The Morgan fingerprint density at radius 3 is 2.11 bits per heavy atom. The third kappa shape index (κ3) is 7.82. The zero-order valence-electron chi connectivity index (χ0n) is 22.3. The Morgan fingerprint density at radius 2 is 1.59 bits per heavy atom. The number of hydrogen-bond acceptors (Lipinski definition) is 8. The zero-order chi connectivity index (χ0) is 27.8. The maximum atomic E-state index is 12.9. The first-order valence-corrected chi connectivity index (χ1v) is 12.0. The van der Waals surface area contributed by atoms with Crippen LogP contribution < -0.4 is 30.6 Å². The average molecular weight is 518 g/mol. The minimum absolute atomic E-state index is 0.0328. The van der Waals surface area contributed by atoms with Crippen molar-refractivity contribution in [2.75, 3.05) is 21.3 Å². The van der Waals surface area contributed by atoms with Crippen LogP contribution in [0.2, 0.25) is 0 Å². The van der Waals surface area contributed by atoms with E-state index in [1.165, 1.54) is 21.3 Å². The second kappa shape index (κ2) is 13.3. The van der Waals surface area contributed by atoms with Gasteiger partial charge >= 0.3 is 5.97 Å². The number of carboxylic acid groups (broad SMARTS) is 1. The van der Waals surface area contributed by atoms with Gasteiger partial charge in [0.1, 0.15) is 12.1 Å². The summed E-state index contributed by atoms with van der Waals surface area (Å²) in [7, 11) is 4.44. The molecule has 10 nitrogen and oxygen atoms in total. The lowest BCUT2D eigenvalue weighted by atomic mass is 9.86. The summed E-state index contributed by atoms with van der Waals surface area (Å²) in [4.78, 5) is 25.2. The first-order chi connectivity index (χ1) is 17.4. The van der Waals surface area contributed by atoms with Gasteiger partial charge in [-0.2, -0.15) is 0 Å². The fraction of sp³-hybridized carbons (Fsp3) is 0.481. The summed E-state index contributed by atoms with van der Waals surface area (Å²) in [5.41, 5.74) is 7.02. The van der Waals surface area contributed by atoms with Gasteiger partial charge in [-0.25, -0.2) is 0 Å². The maximum Gasteiger partial charge on any atom is 0.323 e. The van der Waals surface area contributed by atoms with E-state index in [1.54, 1.807) is 12.1 Å². The van der Waals surface area contributed by atoms with E-state index in [0.29, 0.717) is 22.8 Å². The average Bonchev–Trinajstić information content (AvgIpc) is 2.86. The lowest BCUT2D eigenvalue weighted by molar-refractivity contribution is -0.144. The highest BCUT2D eigenvalue weighted by Gasteiger charge is 2.36. The topological polar surface area (TPSA) is 152 Å². The molecule has 204 valence electrons. The molecule has 0 heterocycles. The molecule has 6 N–H and O–H groups in total. The molecule has 0 fully saturated rings. The quantitative estimate of drug-likeness (QED) is 0.267. The van der Waals surface area contributed by atoms with Crippen LogP contribution in [0.1, 0.15) is 31.9 Å². The summed E-state index contributed by atoms with van der Waals surface area (Å²) in [5, 5.41) is 26.9. The van der Waals surface area contributed by atoms with Gasteiger partial charge in [-0.05, 0) is 23.5 Å². The molecule has 2 aromatic rings. The summed E-state index contributed by atoms with van der Waals surface area (Å²) >= 11 is 0. The number of hydrogen-bond donors (Lipinski definition) is 5. The predicted molar refractivity (Wildman–Crippen MR) is 140 cm³/mol. The van der Waals surface area contributed by atoms with Crippen LogP contribution in [0.25, 0.3) is 0 Å². The van der Waals surface area contributed by atoms with Crippen molar-refractivity contribution in [2.45, 2.75) is 58.0 Å². The van der Waals surface area contributed by atoms with Gasteiger partial charge in [0, 0.05) is 12.1 Å². The number of aliphatic carboxylic acids is 1. The fourth-order valence-electron chi connectivity index (χ4n) is 3.90. The summed E-state index contributed by atoms with van der Waals surface area (Å²) in [5.74, 6) is -0.559. The molecule has 4 atom stereocenters. The highest BCUT2D eigenvalue weighted by atomic mass is 16.5. The second-order valence-corrected chi connectivity index (χ2v) is 9.83. The Hall–Kier alpha value is -3.34. The highest BCUT2D eigenvalue weighted by Crippen LogP contribution is 2.39. The van der Waals surface area contributed by atoms with Crippen LogP contribution in [-0.4, -0.2) is 67.6 Å². The monoisotopic (exact) mass is 517 g/mol. The van der Waals surface area contributed by atoms with Gasteiger partial charge < -0.3 is 35.5 Å². The van der Waals surface area contributed by atoms with E-state index in [1.807, 2.05) is 51.1 Å². The number of aliphatic hydroxyl groups is 1. The number of methoxy groups -OCH3 is 3. The summed E-state index contributed by atoms with van der Waals surface area (Å²) in [6.45, 7) is 5.53. The number of ether oxygens (including phenoxy) is 3. The van der Waals surface area contributed by atoms with Crippen LogP contribution in [0.15, 0.2) is 42.5 Å². The zero-order valence-corrected chi connectivity index (χ0v) is 22.3. The Balaban J connectivity index is 2.32. The van der Waals surface area contributed by atoms with Crippen molar-refractivity contribution in [3.63, 3.8) is 0 Å². The molecule has 0 bridgehead atoms. The minimum atomic E-state index is -1.49. The van der Waals surface area contributed by atoms with Crippen LogP contribution >= 0.6 is 0 Å². The highest BCUT2D eigenvalue weighted by molar-refractivity contribution is 5.83. The molecule has 0 aromatic heterocycles. The largest absolute Gasteiger partial charge is 0.493 e. The molecule has 0 spiro atoms. The SMILES string of the molecule is COc1ccc(CN[C@@H](C(=O)O)[C@H](O)[C@H](Cc2ccccc2)NC(=O)C(N)C(C)(C)C)c(OC)c1OC. The standard InChI is InChI=1S/C27H39N3O7/c1-27(2,3)24(28)25(32)30-18(14-16-10-8-7-9-11-16)21(31)20(26(33)34)29-15-17-12-13-19(35-4)23(37-6)22(17)36-5/h7-13,18,20-21,24,29,31H,14-15,28H2,1-6H3,(H,30,32)(H,33,34)/t18-,20+,21+,24?/m0/s1. The van der Waals surface area contributed by atoms with Crippen molar-refractivity contribution in [3.8, 4) is 17.2 Å². The van der Waals surface area contributed by atoms with E-state index < -0.39 is 41.5 Å². The van der Waals surface area contributed by atoms with E-state index in [9.17, 15) is 19.8 Å². The van der Waals surface area contributed by atoms with Crippen molar-refractivity contribution in [3.05, 3.63) is 53.6 Å². The van der Waals surface area contributed by atoms with Gasteiger partial charge in [-0.1, -0.05) is 57.2 Å². The first kappa shape index (κ1) is 29.9. The van der Waals surface area contributed by atoms with Gasteiger partial charge in [0.05, 0.1) is 33.4 Å². The van der Waals surface area contributed by atoms with E-state index in [4.69, 9.17) is 19.9 Å². The molecule has 0 saturated carbocycles. The summed E-state index contributed by atoms with van der Waals surface area (Å²) < 4.78 is 16.2. The van der Waals surface area contributed by atoms with Crippen LogP contribution in [-0.2, 0) is 22.6 Å². The molecular formula is C27H39N3O7. The smallest absolute Gasteiger partial charge is 0.323 e. The number of benzene rings is 2. The summed E-state index contributed by atoms with van der Waals surface area (Å²) in [6.07, 6.45) is -1.28. The number of carbonyl (C=O) groups is 2. The van der Waals surface area contributed by atoms with Crippen molar-refractivity contribution in [2.24, 2.45) is 11.1 Å². The molecule has 1 unspecified atom stereocenters. The normalized spacial score (nSPS) is 14.7. The molecule has 37 heavy (non-hydrogen) atoms. The van der Waals surface area contributed by atoms with Crippen molar-refractivity contribution in [1.82, 2.24) is 10.6 Å². The number of carboxylic acids is 1. The lowest BCUT2D eigenvalue weighted by Crippen LogP contribution is -2.60. The molecular weight excluding hydrogens is 478 g/mol. The van der Waals surface area contributed by atoms with Gasteiger partial charge in [0.15, 0.2) is 11.5 Å². The number of rotatable bonds is 13. The predicted octanol–water partition coefficient (Wildman–Crippen LogP) is 1.72. The molecule has 0 saturated heterocycles. The van der Waals surface area contributed by atoms with Crippen LogP contribution in [0.4, 0.5) is 0 Å². The fourth-order valence-corrected chi connectivity index (χ4v) is 3.90. The Morgan fingerprint density at radius 1 is 0.973 bits per heavy atom. The van der Waals surface area contributed by atoms with Gasteiger partial charge in [-0.15, -0.1) is 0 Å². The Labute approximate surface area is 218 Å². The number of nitrogens with two attached hydrogens (primary N) is 1. The van der Waals surface area contributed by atoms with Crippen molar-refractivity contribution < 1.29 is 34.0 Å². The number of carbonyl (C=O) groups excluding carboxylic acids is 1. The maximum absolute atomic E-state index is 12.9. The molecule has 0 aliphatic heterocycles. The number of aliphatic hydroxyl groups excluding tert-OH is 1. The third-order valence-corrected chi connectivity index (χ3v) is 6.16. The van der Waals surface area contributed by atoms with E-state index >= 15 is 0 Å². The van der Waals surface area contributed by atoms with Crippen LogP contribution in [0, 0.1) is 5.41 Å². The Kier molecular flexibility index (Phi) is 10.7. The molecule has 10 heteroatoms. The van der Waals surface area contributed by atoms with E-state index in [-0.39, 0.29) is 13.0 Å². The minimum Gasteiger partial charge on any atom is -0.493 e. The number of nitrogens with one attached hydrogen (secondary N) is 2. The number of amides is 1. The molecule has 1 amide bonds. The van der Waals surface area contributed by atoms with E-state index in [2.05, 4.69) is 10.6 Å². The molecule has 2 rings (SSSR count). The van der Waals surface area contributed by atoms with Gasteiger partial charge in [-0.3, -0.25) is 14.9 Å². The van der Waals surface area contributed by atoms with Crippen LogP contribution in [0.3, 0.4) is 0 Å². The van der Waals surface area contributed by atoms with Gasteiger partial charge in [0.25, 0.3) is 0 Å². The second-order valence-electron chi connectivity index (χ2n) is 9.83. The van der Waals surface area contributed by atoms with Crippen molar-refractivity contribution >= 4 is 11.9 Å². The molecule has 0 aliphatic rings. The summed E-state index contributed by atoms with van der Waals surface area (Å²) in [6, 6.07) is 9.38. The third-order valence-electron chi connectivity index (χ3n) is 6.16. The first-order valence-electron chi connectivity index (χ1n) is 12.0. The molecule has 0 aliphatic carbocycles. The Bertz CT molecular complexity index is 1040. The van der Waals surface area contributed by atoms with Crippen LogP contribution in [0.5, 0.6) is 17.2 Å². The van der Waals surface area contributed by atoms with Crippen molar-refractivity contribution in [1.29, 1.82) is 0 Å². The molecule has 0 radical (unpaired) electrons. The lowest BCUT2D eigenvalue weighted by Gasteiger charge is -2.32.